The maximum atomic E-state index is 5.82. The summed E-state index contributed by atoms with van der Waals surface area (Å²) < 4.78 is 5.82. The molecule has 0 atom stereocenters. The van der Waals surface area contributed by atoms with Gasteiger partial charge < -0.3 is 4.74 Å². The average molecular weight is 305 g/mol. The van der Waals surface area contributed by atoms with Gasteiger partial charge in [-0.15, -0.1) is 0 Å². The third-order valence-electron chi connectivity index (χ3n) is 4.02. The molecule has 0 aliphatic rings. The van der Waals surface area contributed by atoms with Gasteiger partial charge in [0.15, 0.2) is 0 Å². The topological polar surface area (TPSA) is 22.1 Å². The van der Waals surface area contributed by atoms with Gasteiger partial charge in [-0.1, -0.05) is 55.7 Å². The molecular formula is C21H23NO. The van der Waals surface area contributed by atoms with Gasteiger partial charge in [0, 0.05) is 10.9 Å². The fourth-order valence-corrected chi connectivity index (χ4v) is 2.62. The molecule has 23 heavy (non-hydrogen) atoms. The Bertz CT molecular complexity index is 777. The Kier molecular flexibility index (Phi) is 4.92. The maximum Gasteiger partial charge on any atom is 0.120 e. The first-order valence-corrected chi connectivity index (χ1v) is 8.37. The second kappa shape index (κ2) is 7.28. The van der Waals surface area contributed by atoms with Crippen molar-refractivity contribution in [3.8, 4) is 17.0 Å². The summed E-state index contributed by atoms with van der Waals surface area (Å²) in [5.74, 6) is 0.929. The lowest BCUT2D eigenvalue weighted by atomic mass is 10.1. The molecule has 0 saturated carbocycles. The Hall–Kier alpha value is -2.35. The molecule has 0 N–H and O–H groups in total. The minimum Gasteiger partial charge on any atom is -0.494 e. The van der Waals surface area contributed by atoms with E-state index < -0.39 is 0 Å². The van der Waals surface area contributed by atoms with E-state index in [1.165, 1.54) is 18.4 Å². The fourth-order valence-electron chi connectivity index (χ4n) is 2.62. The van der Waals surface area contributed by atoms with Crippen molar-refractivity contribution in [3.63, 3.8) is 0 Å². The van der Waals surface area contributed by atoms with E-state index in [-0.39, 0.29) is 0 Å². The average Bonchev–Trinajstić information content (AvgIpc) is 2.59. The molecule has 0 saturated heterocycles. The van der Waals surface area contributed by atoms with E-state index >= 15 is 0 Å². The summed E-state index contributed by atoms with van der Waals surface area (Å²) in [6.07, 6.45) is 3.54. The van der Waals surface area contributed by atoms with E-state index in [4.69, 9.17) is 9.72 Å². The van der Waals surface area contributed by atoms with E-state index in [0.717, 1.165) is 40.9 Å². The third kappa shape index (κ3) is 3.89. The SMILES string of the molecule is CCCCCOc1ccc2nc(-c3ccc(C)cc3)ccc2c1. The number of benzene rings is 2. The second-order valence-corrected chi connectivity index (χ2v) is 5.97. The van der Waals surface area contributed by atoms with Gasteiger partial charge in [-0.2, -0.15) is 0 Å². The van der Waals surface area contributed by atoms with Crippen molar-refractivity contribution in [2.45, 2.75) is 33.1 Å². The lowest BCUT2D eigenvalue weighted by molar-refractivity contribution is 0.306. The van der Waals surface area contributed by atoms with Gasteiger partial charge in [0.25, 0.3) is 0 Å². The molecule has 3 rings (SSSR count). The van der Waals surface area contributed by atoms with Gasteiger partial charge >= 0.3 is 0 Å². The van der Waals surface area contributed by atoms with Crippen LogP contribution in [0.5, 0.6) is 5.75 Å². The summed E-state index contributed by atoms with van der Waals surface area (Å²) in [4.78, 5) is 4.77. The summed E-state index contributed by atoms with van der Waals surface area (Å²) >= 11 is 0. The number of unbranched alkanes of at least 4 members (excludes halogenated alkanes) is 2. The summed E-state index contributed by atoms with van der Waals surface area (Å²) in [7, 11) is 0. The lowest BCUT2D eigenvalue weighted by Gasteiger charge is -2.08. The third-order valence-corrected chi connectivity index (χ3v) is 4.02. The van der Waals surface area contributed by atoms with Crippen LogP contribution in [0.25, 0.3) is 22.2 Å². The van der Waals surface area contributed by atoms with E-state index in [1.807, 2.05) is 12.1 Å². The van der Waals surface area contributed by atoms with E-state index in [0.29, 0.717) is 0 Å². The van der Waals surface area contributed by atoms with Crippen LogP contribution in [0.2, 0.25) is 0 Å². The first-order valence-electron chi connectivity index (χ1n) is 8.37. The van der Waals surface area contributed by atoms with Crippen molar-refractivity contribution in [3.05, 3.63) is 60.2 Å². The molecule has 2 nitrogen and oxygen atoms in total. The van der Waals surface area contributed by atoms with E-state index in [9.17, 15) is 0 Å². The molecule has 0 fully saturated rings. The zero-order chi connectivity index (χ0) is 16.1. The normalized spacial score (nSPS) is 10.9. The number of ether oxygens (including phenoxy) is 1. The molecule has 0 aliphatic heterocycles. The van der Waals surface area contributed by atoms with Crippen molar-refractivity contribution in [1.29, 1.82) is 0 Å². The molecule has 0 radical (unpaired) electrons. The quantitative estimate of drug-likeness (QED) is 0.539. The minimum atomic E-state index is 0.786. The Balaban J connectivity index is 1.79. The molecule has 3 aromatic rings. The van der Waals surface area contributed by atoms with Gasteiger partial charge in [0.05, 0.1) is 17.8 Å². The molecule has 2 aromatic carbocycles. The number of pyridine rings is 1. The number of nitrogens with zero attached hydrogens (tertiary/aromatic N) is 1. The molecule has 2 heteroatoms. The van der Waals surface area contributed by atoms with Crippen molar-refractivity contribution in [2.24, 2.45) is 0 Å². The van der Waals surface area contributed by atoms with E-state index in [2.05, 4.69) is 56.3 Å². The first kappa shape index (κ1) is 15.5. The van der Waals surface area contributed by atoms with Crippen LogP contribution in [0.3, 0.4) is 0 Å². The second-order valence-electron chi connectivity index (χ2n) is 5.97. The number of fused-ring (bicyclic) bond motifs is 1. The van der Waals surface area contributed by atoms with Gasteiger partial charge in [-0.25, -0.2) is 4.98 Å². The van der Waals surface area contributed by atoms with Crippen molar-refractivity contribution < 1.29 is 4.74 Å². The Morgan fingerprint density at radius 1 is 0.913 bits per heavy atom. The Morgan fingerprint density at radius 3 is 2.52 bits per heavy atom. The number of aryl methyl sites for hydroxylation is 1. The molecule has 118 valence electrons. The van der Waals surface area contributed by atoms with Gasteiger partial charge in [-0.05, 0) is 37.6 Å². The van der Waals surface area contributed by atoms with Gasteiger partial charge in [0.2, 0.25) is 0 Å². The number of aromatic nitrogens is 1. The highest BCUT2D eigenvalue weighted by atomic mass is 16.5. The number of hydrogen-bond donors (Lipinski definition) is 0. The highest BCUT2D eigenvalue weighted by molar-refractivity contribution is 5.82. The van der Waals surface area contributed by atoms with Crippen LogP contribution >= 0.6 is 0 Å². The molecule has 1 aromatic heterocycles. The van der Waals surface area contributed by atoms with Crippen molar-refractivity contribution in [1.82, 2.24) is 4.98 Å². The van der Waals surface area contributed by atoms with Crippen LogP contribution < -0.4 is 4.74 Å². The standard InChI is InChI=1S/C21H23NO/c1-3-4-5-14-23-19-11-13-21-18(15-19)10-12-20(22-21)17-8-6-16(2)7-9-17/h6-13,15H,3-5,14H2,1-2H3. The number of hydrogen-bond acceptors (Lipinski definition) is 2. The van der Waals surface area contributed by atoms with E-state index in [1.54, 1.807) is 0 Å². The zero-order valence-electron chi connectivity index (χ0n) is 13.9. The summed E-state index contributed by atoms with van der Waals surface area (Å²) in [5, 5.41) is 1.12. The summed E-state index contributed by atoms with van der Waals surface area (Å²) in [5.41, 5.74) is 4.43. The molecular weight excluding hydrogens is 282 g/mol. The van der Waals surface area contributed by atoms with Crippen LogP contribution in [-0.4, -0.2) is 11.6 Å². The lowest BCUT2D eigenvalue weighted by Crippen LogP contribution is -1.97. The molecule has 1 heterocycles. The molecule has 0 bridgehead atoms. The molecule has 0 amide bonds. The highest BCUT2D eigenvalue weighted by Crippen LogP contribution is 2.24. The maximum absolute atomic E-state index is 5.82. The molecule has 0 unspecified atom stereocenters. The number of rotatable bonds is 6. The minimum absolute atomic E-state index is 0.786. The van der Waals surface area contributed by atoms with Gasteiger partial charge in [0.1, 0.15) is 5.75 Å². The van der Waals surface area contributed by atoms with Crippen LogP contribution in [0, 0.1) is 6.92 Å². The van der Waals surface area contributed by atoms with Gasteiger partial charge in [-0.3, -0.25) is 0 Å². The largest absolute Gasteiger partial charge is 0.494 e. The predicted molar refractivity (Wildman–Crippen MR) is 96.9 cm³/mol. The zero-order valence-corrected chi connectivity index (χ0v) is 13.9. The molecule has 0 spiro atoms. The molecule has 0 aliphatic carbocycles. The highest BCUT2D eigenvalue weighted by Gasteiger charge is 2.03. The monoisotopic (exact) mass is 305 g/mol. The van der Waals surface area contributed by atoms with Crippen LogP contribution in [-0.2, 0) is 0 Å². The van der Waals surface area contributed by atoms with Crippen LogP contribution in [0.1, 0.15) is 31.7 Å². The fraction of sp³-hybridized carbons (Fsp3) is 0.286. The smallest absolute Gasteiger partial charge is 0.120 e. The predicted octanol–water partition coefficient (Wildman–Crippen LogP) is 5.78. The Morgan fingerprint density at radius 2 is 1.74 bits per heavy atom. The summed E-state index contributed by atoms with van der Waals surface area (Å²) in [6, 6.07) is 18.8. The first-order chi connectivity index (χ1) is 11.3. The van der Waals surface area contributed by atoms with Crippen molar-refractivity contribution >= 4 is 10.9 Å². The Labute approximate surface area is 138 Å². The summed E-state index contributed by atoms with van der Waals surface area (Å²) in [6.45, 7) is 5.08. The van der Waals surface area contributed by atoms with Crippen molar-refractivity contribution in [2.75, 3.05) is 6.61 Å². The van der Waals surface area contributed by atoms with Crippen LogP contribution in [0.15, 0.2) is 54.6 Å². The van der Waals surface area contributed by atoms with Crippen LogP contribution in [0.4, 0.5) is 0 Å².